The molecule has 2 aromatic carbocycles. The van der Waals surface area contributed by atoms with Gasteiger partial charge in [0.15, 0.2) is 0 Å². The number of ether oxygens (including phenoxy) is 1. The Morgan fingerprint density at radius 1 is 1.20 bits per heavy atom. The standard InChI is InChI=1S/C14H11BN2O3/c16-8-10-1-3-12(4-2-10)20-13-5-6-14(15(17)19)11(7-13)9-18/h1-7,9,19H,17H2. The zero-order chi connectivity index (χ0) is 14.5. The number of carbonyl (C=O) groups excluding carboxylic acids is 1. The molecule has 5 nitrogen and oxygen atoms in total. The highest BCUT2D eigenvalue weighted by Crippen LogP contribution is 2.21. The third kappa shape index (κ3) is 3.04. The summed E-state index contributed by atoms with van der Waals surface area (Å²) in [5.41, 5.74) is 6.49. The van der Waals surface area contributed by atoms with Crippen molar-refractivity contribution >= 4 is 18.8 Å². The summed E-state index contributed by atoms with van der Waals surface area (Å²) < 4.78 is 5.56. The van der Waals surface area contributed by atoms with E-state index in [1.54, 1.807) is 30.3 Å². The molecule has 0 aromatic heterocycles. The number of carbonyl (C=O) groups is 1. The second-order valence-electron chi connectivity index (χ2n) is 4.09. The Kier molecular flexibility index (Phi) is 4.16. The molecular formula is C14H11BN2O3. The smallest absolute Gasteiger partial charge is 0.411 e. The van der Waals surface area contributed by atoms with Crippen LogP contribution in [0.25, 0.3) is 0 Å². The largest absolute Gasteiger partial charge is 0.457 e. The van der Waals surface area contributed by atoms with Gasteiger partial charge in [-0.1, -0.05) is 6.07 Å². The lowest BCUT2D eigenvalue weighted by molar-refractivity contribution is 0.112. The highest BCUT2D eigenvalue weighted by Gasteiger charge is 2.14. The van der Waals surface area contributed by atoms with Gasteiger partial charge in [-0.25, -0.2) is 0 Å². The number of nitrogens with two attached hydrogens (primary N) is 1. The Morgan fingerprint density at radius 2 is 1.85 bits per heavy atom. The summed E-state index contributed by atoms with van der Waals surface area (Å²) in [6.07, 6.45) is 0.608. The van der Waals surface area contributed by atoms with Gasteiger partial charge in [0.25, 0.3) is 0 Å². The quantitative estimate of drug-likeness (QED) is 0.630. The second-order valence-corrected chi connectivity index (χ2v) is 4.09. The Balaban J connectivity index is 2.25. The molecular weight excluding hydrogens is 255 g/mol. The maximum atomic E-state index is 11.0. The summed E-state index contributed by atoms with van der Waals surface area (Å²) in [6, 6.07) is 13.2. The fourth-order valence-electron chi connectivity index (χ4n) is 1.72. The molecule has 0 unspecified atom stereocenters. The predicted molar refractivity (Wildman–Crippen MR) is 74.9 cm³/mol. The average Bonchev–Trinajstić information content (AvgIpc) is 2.47. The highest BCUT2D eigenvalue weighted by molar-refractivity contribution is 6.64. The summed E-state index contributed by atoms with van der Waals surface area (Å²) in [6.45, 7) is 0. The first-order chi connectivity index (χ1) is 9.63. The lowest BCUT2D eigenvalue weighted by atomic mass is 9.73. The molecule has 0 amide bonds. The van der Waals surface area contributed by atoms with Crippen molar-refractivity contribution in [2.75, 3.05) is 0 Å². The van der Waals surface area contributed by atoms with E-state index in [-0.39, 0.29) is 5.56 Å². The van der Waals surface area contributed by atoms with Crippen LogP contribution in [0.2, 0.25) is 0 Å². The van der Waals surface area contributed by atoms with E-state index in [4.69, 9.17) is 15.6 Å². The molecule has 0 spiro atoms. The summed E-state index contributed by atoms with van der Waals surface area (Å²) in [4.78, 5) is 11.0. The molecule has 0 radical (unpaired) electrons. The van der Waals surface area contributed by atoms with Crippen molar-refractivity contribution in [2.24, 2.45) is 5.64 Å². The van der Waals surface area contributed by atoms with E-state index >= 15 is 0 Å². The number of hydrogen-bond acceptors (Lipinski definition) is 5. The number of aldehydes is 1. The lowest BCUT2D eigenvalue weighted by Gasteiger charge is -2.09. The summed E-state index contributed by atoms with van der Waals surface area (Å²) in [7, 11) is -1.21. The normalized spacial score (nSPS) is 9.65. The first-order valence-corrected chi connectivity index (χ1v) is 5.85. The minimum atomic E-state index is -1.21. The first kappa shape index (κ1) is 13.8. The minimum Gasteiger partial charge on any atom is -0.457 e. The van der Waals surface area contributed by atoms with Gasteiger partial charge < -0.3 is 15.4 Å². The Hall–Kier alpha value is -2.62. The van der Waals surface area contributed by atoms with Gasteiger partial charge >= 0.3 is 7.05 Å². The molecule has 98 valence electrons. The zero-order valence-corrected chi connectivity index (χ0v) is 10.5. The van der Waals surface area contributed by atoms with E-state index in [0.717, 1.165) is 0 Å². The molecule has 0 atom stereocenters. The van der Waals surface area contributed by atoms with Gasteiger partial charge in [0.1, 0.15) is 17.8 Å². The summed E-state index contributed by atoms with van der Waals surface area (Å²) in [5, 5.41) is 18.0. The monoisotopic (exact) mass is 266 g/mol. The first-order valence-electron chi connectivity index (χ1n) is 5.85. The molecule has 0 aliphatic rings. The Morgan fingerprint density at radius 3 is 2.40 bits per heavy atom. The van der Waals surface area contributed by atoms with E-state index in [1.807, 2.05) is 6.07 Å². The number of benzene rings is 2. The van der Waals surface area contributed by atoms with E-state index < -0.39 is 7.05 Å². The third-order valence-electron chi connectivity index (χ3n) is 2.72. The lowest BCUT2D eigenvalue weighted by Crippen LogP contribution is -2.41. The van der Waals surface area contributed by atoms with Crippen molar-refractivity contribution in [1.82, 2.24) is 0 Å². The van der Waals surface area contributed by atoms with Crippen molar-refractivity contribution in [3.8, 4) is 17.6 Å². The van der Waals surface area contributed by atoms with Crippen molar-refractivity contribution in [3.63, 3.8) is 0 Å². The molecule has 0 saturated heterocycles. The van der Waals surface area contributed by atoms with Gasteiger partial charge in [-0.15, -0.1) is 0 Å². The highest BCUT2D eigenvalue weighted by atomic mass is 16.5. The van der Waals surface area contributed by atoms with Crippen LogP contribution in [-0.4, -0.2) is 18.4 Å². The molecule has 20 heavy (non-hydrogen) atoms. The van der Waals surface area contributed by atoms with Crippen LogP contribution in [0.15, 0.2) is 42.5 Å². The van der Waals surface area contributed by atoms with Crippen LogP contribution >= 0.6 is 0 Å². The van der Waals surface area contributed by atoms with Crippen molar-refractivity contribution < 1.29 is 14.6 Å². The molecule has 2 aromatic rings. The zero-order valence-electron chi connectivity index (χ0n) is 10.5. The van der Waals surface area contributed by atoms with Crippen molar-refractivity contribution in [2.45, 2.75) is 0 Å². The maximum Gasteiger partial charge on any atom is 0.411 e. The number of nitriles is 1. The van der Waals surface area contributed by atoms with Crippen LogP contribution in [0.1, 0.15) is 15.9 Å². The van der Waals surface area contributed by atoms with Crippen LogP contribution in [0.5, 0.6) is 11.5 Å². The summed E-state index contributed by atoms with van der Waals surface area (Å²) >= 11 is 0. The molecule has 0 aliphatic carbocycles. The molecule has 0 saturated carbocycles. The van der Waals surface area contributed by atoms with Crippen molar-refractivity contribution in [3.05, 3.63) is 53.6 Å². The fourth-order valence-corrected chi connectivity index (χ4v) is 1.72. The van der Waals surface area contributed by atoms with E-state index in [2.05, 4.69) is 0 Å². The van der Waals surface area contributed by atoms with Gasteiger partial charge in [0.2, 0.25) is 0 Å². The van der Waals surface area contributed by atoms with Crippen LogP contribution in [0, 0.1) is 11.3 Å². The SMILES string of the molecule is N#Cc1ccc(Oc2ccc(B(N)O)c(C=O)c2)cc1. The van der Waals surface area contributed by atoms with Crippen LogP contribution in [0.4, 0.5) is 0 Å². The Labute approximate surface area is 116 Å². The average molecular weight is 266 g/mol. The van der Waals surface area contributed by atoms with Crippen molar-refractivity contribution in [1.29, 1.82) is 5.26 Å². The van der Waals surface area contributed by atoms with Gasteiger partial charge in [-0.2, -0.15) is 5.26 Å². The molecule has 0 bridgehead atoms. The van der Waals surface area contributed by atoms with Crippen LogP contribution in [0.3, 0.4) is 0 Å². The predicted octanol–water partition coefficient (Wildman–Crippen LogP) is 0.809. The van der Waals surface area contributed by atoms with E-state index in [1.165, 1.54) is 12.1 Å². The Bertz CT molecular complexity index is 663. The minimum absolute atomic E-state index is 0.270. The van der Waals surface area contributed by atoms with Gasteiger partial charge in [-0.3, -0.25) is 4.79 Å². The fraction of sp³-hybridized carbons (Fsp3) is 0. The van der Waals surface area contributed by atoms with Gasteiger partial charge in [0.05, 0.1) is 11.6 Å². The summed E-state index contributed by atoms with van der Waals surface area (Å²) in [5.74, 6) is 0.989. The molecule has 3 N–H and O–H groups in total. The van der Waals surface area contributed by atoms with Gasteiger partial charge in [-0.05, 0) is 41.9 Å². The maximum absolute atomic E-state index is 11.0. The molecule has 0 fully saturated rings. The van der Waals surface area contributed by atoms with E-state index in [9.17, 15) is 9.82 Å². The molecule has 0 aliphatic heterocycles. The van der Waals surface area contributed by atoms with Crippen LogP contribution < -0.4 is 15.8 Å². The van der Waals surface area contributed by atoms with E-state index in [0.29, 0.717) is 28.8 Å². The molecule has 6 heteroatoms. The molecule has 0 heterocycles. The topological polar surface area (TPSA) is 96.3 Å². The van der Waals surface area contributed by atoms with Crippen LogP contribution in [-0.2, 0) is 0 Å². The van der Waals surface area contributed by atoms with Gasteiger partial charge in [0, 0.05) is 5.56 Å². The number of rotatable bonds is 4. The number of nitrogens with zero attached hydrogens (tertiary/aromatic N) is 1. The second kappa shape index (κ2) is 6.02. The number of hydrogen-bond donors (Lipinski definition) is 2. The third-order valence-corrected chi connectivity index (χ3v) is 2.72. The molecule has 2 rings (SSSR count).